The summed E-state index contributed by atoms with van der Waals surface area (Å²) in [5.74, 6) is 1.99. The van der Waals surface area contributed by atoms with Gasteiger partial charge in [0.1, 0.15) is 17.2 Å². The number of para-hydroxylation sites is 1. The number of methoxy groups -OCH3 is 1. The lowest BCUT2D eigenvalue weighted by molar-refractivity contribution is 0.102. The second-order valence-corrected chi connectivity index (χ2v) is 6.70. The number of carbonyl (C=O) groups is 1. The Morgan fingerprint density at radius 1 is 0.900 bits per heavy atom. The highest BCUT2D eigenvalue weighted by atomic mass is 16.5. The molecule has 0 spiro atoms. The number of nitrogens with zero attached hydrogens (tertiary/aromatic N) is 1. The van der Waals surface area contributed by atoms with Crippen LogP contribution < -0.4 is 14.8 Å². The number of hydrogen-bond donors (Lipinski definition) is 2. The van der Waals surface area contributed by atoms with E-state index in [0.717, 1.165) is 22.8 Å². The molecule has 0 unspecified atom stereocenters. The van der Waals surface area contributed by atoms with Crippen LogP contribution in [-0.2, 0) is 6.42 Å². The molecular formula is C24H21N3O3. The molecule has 0 radical (unpaired) electrons. The molecule has 0 saturated heterocycles. The first-order valence-corrected chi connectivity index (χ1v) is 9.51. The molecule has 4 rings (SSSR count). The molecule has 0 aliphatic carbocycles. The summed E-state index contributed by atoms with van der Waals surface area (Å²) in [4.78, 5) is 12.5. The van der Waals surface area contributed by atoms with Gasteiger partial charge in [-0.05, 0) is 60.2 Å². The van der Waals surface area contributed by atoms with Gasteiger partial charge in [-0.15, -0.1) is 0 Å². The zero-order valence-corrected chi connectivity index (χ0v) is 16.5. The van der Waals surface area contributed by atoms with Gasteiger partial charge in [0.25, 0.3) is 5.91 Å². The average Bonchev–Trinajstić information content (AvgIpc) is 3.25. The van der Waals surface area contributed by atoms with Crippen LogP contribution in [0.25, 0.3) is 0 Å². The summed E-state index contributed by atoms with van der Waals surface area (Å²) < 4.78 is 10.9. The van der Waals surface area contributed by atoms with Crippen molar-refractivity contribution in [1.82, 2.24) is 10.2 Å². The zero-order valence-electron chi connectivity index (χ0n) is 16.5. The monoisotopic (exact) mass is 399 g/mol. The first-order chi connectivity index (χ1) is 14.7. The van der Waals surface area contributed by atoms with Crippen molar-refractivity contribution in [2.45, 2.75) is 6.42 Å². The number of carbonyl (C=O) groups excluding carboxylic acids is 1. The third kappa shape index (κ3) is 4.86. The highest BCUT2D eigenvalue weighted by Crippen LogP contribution is 2.23. The van der Waals surface area contributed by atoms with Crippen molar-refractivity contribution >= 4 is 11.6 Å². The van der Waals surface area contributed by atoms with E-state index >= 15 is 0 Å². The molecule has 1 amide bonds. The Hall–Kier alpha value is -4.06. The Labute approximate surface area is 174 Å². The van der Waals surface area contributed by atoms with Gasteiger partial charge >= 0.3 is 0 Å². The molecular weight excluding hydrogens is 378 g/mol. The SMILES string of the molecule is COc1ccc(Cc2cc(C(=O)Nc3ccc(Oc4ccccc4)cc3)n[nH]2)cc1. The first-order valence-electron chi connectivity index (χ1n) is 9.51. The molecule has 3 aromatic carbocycles. The van der Waals surface area contributed by atoms with Crippen LogP contribution in [0.4, 0.5) is 5.69 Å². The number of H-pyrrole nitrogens is 1. The Kier molecular flexibility index (Phi) is 5.75. The normalized spacial score (nSPS) is 10.4. The predicted octanol–water partition coefficient (Wildman–Crippen LogP) is 5.05. The van der Waals surface area contributed by atoms with Crippen LogP contribution in [0.3, 0.4) is 0 Å². The quantitative estimate of drug-likeness (QED) is 0.456. The van der Waals surface area contributed by atoms with Gasteiger partial charge in [-0.1, -0.05) is 30.3 Å². The van der Waals surface area contributed by atoms with E-state index in [0.29, 0.717) is 23.6 Å². The molecule has 0 saturated carbocycles. The van der Waals surface area contributed by atoms with E-state index in [4.69, 9.17) is 9.47 Å². The van der Waals surface area contributed by atoms with Crippen LogP contribution >= 0.6 is 0 Å². The van der Waals surface area contributed by atoms with Crippen LogP contribution in [0.1, 0.15) is 21.7 Å². The van der Waals surface area contributed by atoms with Gasteiger partial charge in [0, 0.05) is 17.8 Å². The molecule has 30 heavy (non-hydrogen) atoms. The van der Waals surface area contributed by atoms with Gasteiger partial charge in [0.2, 0.25) is 0 Å². The lowest BCUT2D eigenvalue weighted by Gasteiger charge is -2.07. The van der Waals surface area contributed by atoms with Crippen molar-refractivity contribution in [1.29, 1.82) is 0 Å². The van der Waals surface area contributed by atoms with E-state index in [1.54, 1.807) is 25.3 Å². The standard InChI is InChI=1S/C24H21N3O3/c1-29-20-11-7-17(8-12-20)15-19-16-23(27-26-19)24(28)25-18-9-13-22(14-10-18)30-21-5-3-2-4-6-21/h2-14,16H,15H2,1H3,(H,25,28)(H,26,27). The Morgan fingerprint density at radius 2 is 1.57 bits per heavy atom. The summed E-state index contributed by atoms with van der Waals surface area (Å²) in [6, 6.07) is 26.3. The topological polar surface area (TPSA) is 76.2 Å². The highest BCUT2D eigenvalue weighted by Gasteiger charge is 2.11. The van der Waals surface area contributed by atoms with E-state index in [1.807, 2.05) is 66.7 Å². The van der Waals surface area contributed by atoms with Gasteiger partial charge in [-0.3, -0.25) is 9.89 Å². The molecule has 1 aromatic heterocycles. The van der Waals surface area contributed by atoms with Gasteiger partial charge < -0.3 is 14.8 Å². The molecule has 1 heterocycles. The van der Waals surface area contributed by atoms with Gasteiger partial charge in [-0.2, -0.15) is 5.10 Å². The van der Waals surface area contributed by atoms with Crippen LogP contribution in [0.15, 0.2) is 84.9 Å². The number of aromatic nitrogens is 2. The lowest BCUT2D eigenvalue weighted by Crippen LogP contribution is -2.12. The molecule has 0 fully saturated rings. The number of rotatable bonds is 7. The third-order valence-electron chi connectivity index (χ3n) is 4.51. The first kappa shape index (κ1) is 19.3. The number of nitrogens with one attached hydrogen (secondary N) is 2. The Bertz CT molecular complexity index is 1100. The van der Waals surface area contributed by atoms with Crippen molar-refractivity contribution in [3.63, 3.8) is 0 Å². The maximum absolute atomic E-state index is 12.5. The summed E-state index contributed by atoms with van der Waals surface area (Å²) in [5, 5.41) is 9.90. The fraction of sp³-hybridized carbons (Fsp3) is 0.0833. The number of hydrogen-bond acceptors (Lipinski definition) is 4. The molecule has 0 aliphatic heterocycles. The molecule has 6 heteroatoms. The zero-order chi connectivity index (χ0) is 20.8. The molecule has 0 bridgehead atoms. The average molecular weight is 399 g/mol. The van der Waals surface area contributed by atoms with Crippen molar-refractivity contribution in [2.24, 2.45) is 0 Å². The summed E-state index contributed by atoms with van der Waals surface area (Å²) in [7, 11) is 1.64. The van der Waals surface area contributed by atoms with Crippen LogP contribution in [0.2, 0.25) is 0 Å². The van der Waals surface area contributed by atoms with Crippen LogP contribution in [0.5, 0.6) is 17.2 Å². The third-order valence-corrected chi connectivity index (χ3v) is 4.51. The van der Waals surface area contributed by atoms with Crippen LogP contribution in [-0.4, -0.2) is 23.2 Å². The molecule has 0 atom stereocenters. The number of amides is 1. The summed E-state index contributed by atoms with van der Waals surface area (Å²) in [6.07, 6.45) is 0.649. The van der Waals surface area contributed by atoms with Crippen molar-refractivity contribution in [3.8, 4) is 17.2 Å². The van der Waals surface area contributed by atoms with Crippen LogP contribution in [0, 0.1) is 0 Å². The van der Waals surface area contributed by atoms with Crippen molar-refractivity contribution in [3.05, 3.63) is 102 Å². The van der Waals surface area contributed by atoms with E-state index in [9.17, 15) is 4.79 Å². The second-order valence-electron chi connectivity index (χ2n) is 6.70. The number of anilines is 1. The van der Waals surface area contributed by atoms with E-state index in [1.165, 1.54) is 0 Å². The minimum Gasteiger partial charge on any atom is -0.497 e. The lowest BCUT2D eigenvalue weighted by atomic mass is 10.1. The second kappa shape index (κ2) is 8.96. The summed E-state index contributed by atoms with van der Waals surface area (Å²) >= 11 is 0. The van der Waals surface area contributed by atoms with Gasteiger partial charge in [0.15, 0.2) is 5.69 Å². The van der Waals surface area contributed by atoms with Crippen molar-refractivity contribution < 1.29 is 14.3 Å². The molecule has 150 valence electrons. The Morgan fingerprint density at radius 3 is 2.27 bits per heavy atom. The molecule has 2 N–H and O–H groups in total. The molecule has 6 nitrogen and oxygen atoms in total. The number of benzene rings is 3. The highest BCUT2D eigenvalue weighted by molar-refractivity contribution is 6.02. The Balaban J connectivity index is 1.35. The summed E-state index contributed by atoms with van der Waals surface area (Å²) in [5.41, 5.74) is 2.96. The number of aromatic amines is 1. The van der Waals surface area contributed by atoms with E-state index in [2.05, 4.69) is 15.5 Å². The van der Waals surface area contributed by atoms with E-state index < -0.39 is 0 Å². The van der Waals surface area contributed by atoms with Crippen molar-refractivity contribution in [2.75, 3.05) is 12.4 Å². The number of ether oxygens (including phenoxy) is 2. The fourth-order valence-electron chi connectivity index (χ4n) is 2.96. The predicted molar refractivity (Wildman–Crippen MR) is 115 cm³/mol. The molecule has 4 aromatic rings. The minimum absolute atomic E-state index is 0.274. The smallest absolute Gasteiger partial charge is 0.276 e. The minimum atomic E-state index is -0.274. The maximum Gasteiger partial charge on any atom is 0.276 e. The van der Waals surface area contributed by atoms with Gasteiger partial charge in [0.05, 0.1) is 7.11 Å². The fourth-order valence-corrected chi connectivity index (χ4v) is 2.96. The molecule has 0 aliphatic rings. The maximum atomic E-state index is 12.5. The largest absolute Gasteiger partial charge is 0.497 e. The summed E-state index contributed by atoms with van der Waals surface area (Å²) in [6.45, 7) is 0. The van der Waals surface area contributed by atoms with Gasteiger partial charge in [-0.25, -0.2) is 0 Å². The van der Waals surface area contributed by atoms with E-state index in [-0.39, 0.29) is 5.91 Å².